The normalized spacial score (nSPS) is 15.1. The van der Waals surface area contributed by atoms with Crippen LogP contribution in [-0.2, 0) is 9.53 Å². The van der Waals surface area contributed by atoms with Gasteiger partial charge in [0, 0.05) is 25.2 Å². The number of alkyl carbamates (subject to hydrolysis) is 1. The first-order chi connectivity index (χ1) is 12.7. The lowest BCUT2D eigenvalue weighted by molar-refractivity contribution is -0.131. The van der Waals surface area contributed by atoms with Gasteiger partial charge >= 0.3 is 6.09 Å². The summed E-state index contributed by atoms with van der Waals surface area (Å²) >= 11 is 0. The number of carbonyl (C=O) groups excluding carboxylic acids is 3. The van der Waals surface area contributed by atoms with E-state index in [1.165, 1.54) is 0 Å². The van der Waals surface area contributed by atoms with Crippen molar-refractivity contribution in [3.63, 3.8) is 0 Å². The van der Waals surface area contributed by atoms with Gasteiger partial charge in [-0.2, -0.15) is 0 Å². The van der Waals surface area contributed by atoms with Crippen LogP contribution in [0.5, 0.6) is 0 Å². The Morgan fingerprint density at radius 3 is 2.30 bits per heavy atom. The maximum atomic E-state index is 12.2. The standard InChI is InChI=1S/C20H29N3O4/c1-20(2,3)27-19(26)22-14-17(24)23-11-9-15(10-12-23)13-21-18(25)16-7-5-4-6-8-16/h4-8,15H,9-14H2,1-3H3,(H,21,25)(H,22,26). The molecule has 2 rings (SSSR count). The molecule has 0 aromatic heterocycles. The SMILES string of the molecule is CC(C)(C)OC(=O)NCC(=O)N1CCC(CNC(=O)c2ccccc2)CC1. The van der Waals surface area contributed by atoms with Gasteiger partial charge in [0.25, 0.3) is 5.91 Å². The van der Waals surface area contributed by atoms with Crippen molar-refractivity contribution < 1.29 is 19.1 Å². The molecule has 7 nitrogen and oxygen atoms in total. The van der Waals surface area contributed by atoms with Gasteiger partial charge < -0.3 is 20.3 Å². The largest absolute Gasteiger partial charge is 0.444 e. The number of amides is 3. The number of hydrogen-bond acceptors (Lipinski definition) is 4. The van der Waals surface area contributed by atoms with Crippen LogP contribution in [0.3, 0.4) is 0 Å². The molecule has 1 aromatic rings. The molecule has 1 aliphatic heterocycles. The number of benzene rings is 1. The lowest BCUT2D eigenvalue weighted by Gasteiger charge is -2.32. The monoisotopic (exact) mass is 375 g/mol. The van der Waals surface area contributed by atoms with Crippen LogP contribution in [-0.4, -0.2) is 54.6 Å². The lowest BCUT2D eigenvalue weighted by atomic mass is 9.96. The van der Waals surface area contributed by atoms with E-state index in [0.717, 1.165) is 12.8 Å². The number of carbonyl (C=O) groups is 3. The van der Waals surface area contributed by atoms with Gasteiger partial charge in [0.05, 0.1) is 0 Å². The Balaban J connectivity index is 1.66. The predicted octanol–water partition coefficient (Wildman–Crippen LogP) is 2.18. The second-order valence-corrected chi connectivity index (χ2v) is 7.76. The van der Waals surface area contributed by atoms with E-state index >= 15 is 0 Å². The molecule has 0 atom stereocenters. The Bertz CT molecular complexity index is 647. The molecular weight excluding hydrogens is 346 g/mol. The zero-order valence-electron chi connectivity index (χ0n) is 16.3. The summed E-state index contributed by atoms with van der Waals surface area (Å²) in [6.45, 7) is 7.11. The van der Waals surface area contributed by atoms with Crippen molar-refractivity contribution in [1.82, 2.24) is 15.5 Å². The highest BCUT2D eigenvalue weighted by molar-refractivity contribution is 5.94. The zero-order valence-corrected chi connectivity index (χ0v) is 16.3. The molecule has 0 radical (unpaired) electrons. The summed E-state index contributed by atoms with van der Waals surface area (Å²) in [5, 5.41) is 5.45. The summed E-state index contributed by atoms with van der Waals surface area (Å²) in [6, 6.07) is 9.12. The zero-order chi connectivity index (χ0) is 19.9. The molecule has 2 N–H and O–H groups in total. The van der Waals surface area contributed by atoms with Crippen LogP contribution >= 0.6 is 0 Å². The van der Waals surface area contributed by atoms with Crippen molar-refractivity contribution in [3.8, 4) is 0 Å². The summed E-state index contributed by atoms with van der Waals surface area (Å²) in [4.78, 5) is 37.7. The minimum Gasteiger partial charge on any atom is -0.444 e. The predicted molar refractivity (Wildman–Crippen MR) is 102 cm³/mol. The number of likely N-dealkylation sites (tertiary alicyclic amines) is 1. The Morgan fingerprint density at radius 1 is 1.07 bits per heavy atom. The fourth-order valence-electron chi connectivity index (χ4n) is 2.89. The Hall–Kier alpha value is -2.57. The molecule has 1 saturated heterocycles. The molecule has 0 unspecified atom stereocenters. The van der Waals surface area contributed by atoms with Gasteiger partial charge in [-0.05, 0) is 51.7 Å². The number of nitrogens with one attached hydrogen (secondary N) is 2. The van der Waals surface area contributed by atoms with Crippen LogP contribution in [0.15, 0.2) is 30.3 Å². The molecule has 0 spiro atoms. The molecule has 1 fully saturated rings. The van der Waals surface area contributed by atoms with Crippen molar-refractivity contribution in [2.45, 2.75) is 39.2 Å². The van der Waals surface area contributed by atoms with Crippen molar-refractivity contribution in [2.24, 2.45) is 5.92 Å². The van der Waals surface area contributed by atoms with E-state index < -0.39 is 11.7 Å². The molecule has 0 bridgehead atoms. The first-order valence-corrected chi connectivity index (χ1v) is 9.32. The molecule has 0 saturated carbocycles. The number of ether oxygens (including phenoxy) is 1. The van der Waals surface area contributed by atoms with Crippen molar-refractivity contribution in [1.29, 1.82) is 0 Å². The van der Waals surface area contributed by atoms with E-state index in [1.807, 2.05) is 18.2 Å². The first-order valence-electron chi connectivity index (χ1n) is 9.32. The van der Waals surface area contributed by atoms with Crippen LogP contribution in [0.1, 0.15) is 44.0 Å². The summed E-state index contributed by atoms with van der Waals surface area (Å²) in [6.07, 6.45) is 1.06. The van der Waals surface area contributed by atoms with E-state index in [4.69, 9.17) is 4.74 Å². The number of piperidine rings is 1. The second kappa shape index (κ2) is 9.39. The quantitative estimate of drug-likeness (QED) is 0.826. The van der Waals surface area contributed by atoms with Crippen LogP contribution in [0, 0.1) is 5.92 Å². The molecule has 3 amide bonds. The molecule has 1 heterocycles. The topological polar surface area (TPSA) is 87.7 Å². The maximum Gasteiger partial charge on any atom is 0.408 e. The molecule has 7 heteroatoms. The van der Waals surface area contributed by atoms with Gasteiger partial charge in [0.2, 0.25) is 5.91 Å². The highest BCUT2D eigenvalue weighted by atomic mass is 16.6. The van der Waals surface area contributed by atoms with Crippen molar-refractivity contribution in [3.05, 3.63) is 35.9 Å². The molecule has 1 aliphatic rings. The van der Waals surface area contributed by atoms with Gasteiger partial charge in [-0.1, -0.05) is 18.2 Å². The summed E-state index contributed by atoms with van der Waals surface area (Å²) in [5.74, 6) is 0.156. The van der Waals surface area contributed by atoms with Crippen molar-refractivity contribution >= 4 is 17.9 Å². The average molecular weight is 375 g/mol. The average Bonchev–Trinajstić information content (AvgIpc) is 2.64. The summed E-state index contributed by atoms with van der Waals surface area (Å²) < 4.78 is 5.12. The highest BCUT2D eigenvalue weighted by Crippen LogP contribution is 2.16. The minimum atomic E-state index is -0.589. The summed E-state index contributed by atoms with van der Waals surface area (Å²) in [5.41, 5.74) is 0.0636. The summed E-state index contributed by atoms with van der Waals surface area (Å²) in [7, 11) is 0. The van der Waals surface area contributed by atoms with Gasteiger partial charge in [0.1, 0.15) is 12.1 Å². The van der Waals surface area contributed by atoms with Crippen molar-refractivity contribution in [2.75, 3.05) is 26.2 Å². The Kier molecular flexibility index (Phi) is 7.21. The molecule has 148 valence electrons. The van der Waals surface area contributed by atoms with E-state index in [2.05, 4.69) is 10.6 Å². The van der Waals surface area contributed by atoms with E-state index in [1.54, 1.807) is 37.8 Å². The third-order valence-electron chi connectivity index (χ3n) is 4.34. The van der Waals surface area contributed by atoms with E-state index in [-0.39, 0.29) is 18.4 Å². The van der Waals surface area contributed by atoms with E-state index in [9.17, 15) is 14.4 Å². The molecule has 0 aliphatic carbocycles. The molecule has 1 aromatic carbocycles. The van der Waals surface area contributed by atoms with Gasteiger partial charge in [-0.15, -0.1) is 0 Å². The van der Waals surface area contributed by atoms with Gasteiger partial charge in [-0.3, -0.25) is 9.59 Å². The van der Waals surface area contributed by atoms with Crippen LogP contribution in [0.4, 0.5) is 4.79 Å². The minimum absolute atomic E-state index is 0.0652. The third-order valence-corrected chi connectivity index (χ3v) is 4.34. The highest BCUT2D eigenvalue weighted by Gasteiger charge is 2.24. The fourth-order valence-corrected chi connectivity index (χ4v) is 2.89. The van der Waals surface area contributed by atoms with Crippen LogP contribution in [0.25, 0.3) is 0 Å². The van der Waals surface area contributed by atoms with Crippen LogP contribution < -0.4 is 10.6 Å². The molecular formula is C20H29N3O4. The van der Waals surface area contributed by atoms with Gasteiger partial charge in [0.15, 0.2) is 0 Å². The number of hydrogen-bond donors (Lipinski definition) is 2. The second-order valence-electron chi connectivity index (χ2n) is 7.76. The molecule has 27 heavy (non-hydrogen) atoms. The number of rotatable bonds is 5. The smallest absolute Gasteiger partial charge is 0.408 e. The first kappa shape index (κ1) is 20.7. The maximum absolute atomic E-state index is 12.2. The number of nitrogens with zero attached hydrogens (tertiary/aromatic N) is 1. The fraction of sp³-hybridized carbons (Fsp3) is 0.550. The lowest BCUT2D eigenvalue weighted by Crippen LogP contribution is -2.46. The van der Waals surface area contributed by atoms with E-state index in [0.29, 0.717) is 31.1 Å². The van der Waals surface area contributed by atoms with Crippen LogP contribution in [0.2, 0.25) is 0 Å². The Morgan fingerprint density at radius 2 is 1.70 bits per heavy atom. The Labute approximate surface area is 160 Å². The van der Waals surface area contributed by atoms with Gasteiger partial charge in [-0.25, -0.2) is 4.79 Å². The third kappa shape index (κ3) is 7.29.